The van der Waals surface area contributed by atoms with Crippen LogP contribution in [0.4, 0.5) is 11.9 Å². The van der Waals surface area contributed by atoms with Gasteiger partial charge < -0.3 is 15.2 Å². The Balaban J connectivity index is 2.19. The third kappa shape index (κ3) is 3.84. The molecule has 3 heterocycles. The first-order valence-electron chi connectivity index (χ1n) is 9.66. The van der Waals surface area contributed by atoms with Crippen LogP contribution in [0.25, 0.3) is 22.4 Å². The summed E-state index contributed by atoms with van der Waals surface area (Å²) in [5, 5.41) is 0. The summed E-state index contributed by atoms with van der Waals surface area (Å²) in [6.45, 7) is 10.4. The lowest BCUT2D eigenvalue weighted by Gasteiger charge is -2.21. The normalized spacial score (nSPS) is 12.4. The predicted molar refractivity (Wildman–Crippen MR) is 109 cm³/mol. The van der Waals surface area contributed by atoms with Gasteiger partial charge in [-0.2, -0.15) is 4.98 Å². The van der Waals surface area contributed by atoms with Gasteiger partial charge in [-0.3, -0.25) is 0 Å². The van der Waals surface area contributed by atoms with Gasteiger partial charge in [-0.15, -0.1) is 0 Å². The van der Waals surface area contributed by atoms with Crippen LogP contribution in [-0.2, 0) is 0 Å². The van der Waals surface area contributed by atoms with Crippen LogP contribution in [0.3, 0.4) is 0 Å². The molecule has 0 fully saturated rings. The second-order valence-corrected chi connectivity index (χ2v) is 6.72. The van der Waals surface area contributed by atoms with Gasteiger partial charge >= 0.3 is 0 Å². The number of imidazole rings is 1. The quantitative estimate of drug-likeness (QED) is 0.650. The van der Waals surface area contributed by atoms with Gasteiger partial charge in [-0.1, -0.05) is 20.3 Å². The minimum absolute atomic E-state index is 0.243. The molecule has 1 atom stereocenters. The average molecular weight is 368 g/mol. The number of aromatic nitrogens is 6. The van der Waals surface area contributed by atoms with Crippen LogP contribution in [0.2, 0.25) is 0 Å². The first-order valence-corrected chi connectivity index (χ1v) is 9.66. The highest BCUT2D eigenvalue weighted by Gasteiger charge is 2.19. The molecule has 27 heavy (non-hydrogen) atoms. The Morgan fingerprint density at radius 1 is 1.11 bits per heavy atom. The van der Waals surface area contributed by atoms with E-state index >= 15 is 0 Å². The van der Waals surface area contributed by atoms with E-state index in [1.54, 1.807) is 12.4 Å². The molecular formula is C19H28N8. The molecule has 0 radical (unpaired) electrons. The fourth-order valence-electron chi connectivity index (χ4n) is 2.98. The SMILES string of the molecule is CCCCN(CC)c1nc(-c2cnc(N)nc2)c2ncn(C(C)CC)c2n1. The number of hydrogen-bond acceptors (Lipinski definition) is 7. The van der Waals surface area contributed by atoms with Crippen molar-refractivity contribution < 1.29 is 0 Å². The van der Waals surface area contributed by atoms with Gasteiger partial charge in [0.1, 0.15) is 11.2 Å². The number of nitrogens with zero attached hydrogens (tertiary/aromatic N) is 7. The Hall–Kier alpha value is -2.77. The molecule has 0 bridgehead atoms. The molecule has 1 unspecified atom stereocenters. The molecule has 3 aromatic rings. The number of nitrogens with two attached hydrogens (primary N) is 1. The lowest BCUT2D eigenvalue weighted by atomic mass is 10.2. The molecule has 8 nitrogen and oxygen atoms in total. The number of fused-ring (bicyclic) bond motifs is 1. The first kappa shape index (κ1) is 19.0. The number of rotatable bonds is 8. The van der Waals surface area contributed by atoms with E-state index in [1.807, 2.05) is 6.33 Å². The molecule has 0 aliphatic rings. The summed E-state index contributed by atoms with van der Waals surface area (Å²) in [6, 6.07) is 0.305. The maximum atomic E-state index is 5.65. The van der Waals surface area contributed by atoms with E-state index in [-0.39, 0.29) is 5.95 Å². The standard InChI is InChI=1S/C19H28N8/c1-5-8-9-26(7-3)19-24-15(14-10-21-18(20)22-11-14)16-17(25-19)27(12-23-16)13(4)6-2/h10-13H,5-9H2,1-4H3,(H2,20,21,22). The predicted octanol–water partition coefficient (Wildman–Crippen LogP) is 3.46. The highest BCUT2D eigenvalue weighted by atomic mass is 15.3. The van der Waals surface area contributed by atoms with Crippen molar-refractivity contribution in [3.05, 3.63) is 18.7 Å². The second kappa shape index (κ2) is 8.28. The molecule has 0 aliphatic carbocycles. The second-order valence-electron chi connectivity index (χ2n) is 6.72. The van der Waals surface area contributed by atoms with Crippen molar-refractivity contribution in [1.82, 2.24) is 29.5 Å². The summed E-state index contributed by atoms with van der Waals surface area (Å²) < 4.78 is 2.12. The monoisotopic (exact) mass is 368 g/mol. The molecule has 2 N–H and O–H groups in total. The summed E-state index contributed by atoms with van der Waals surface area (Å²) >= 11 is 0. The number of nitrogen functional groups attached to an aromatic ring is 1. The van der Waals surface area contributed by atoms with Crippen molar-refractivity contribution in [2.75, 3.05) is 23.7 Å². The molecule has 0 saturated carbocycles. The van der Waals surface area contributed by atoms with Gasteiger partial charge in [0.2, 0.25) is 11.9 Å². The van der Waals surface area contributed by atoms with Crippen LogP contribution < -0.4 is 10.6 Å². The van der Waals surface area contributed by atoms with E-state index in [1.165, 1.54) is 0 Å². The molecule has 8 heteroatoms. The Bertz CT molecular complexity index is 887. The van der Waals surface area contributed by atoms with Gasteiger partial charge in [0.05, 0.1) is 6.33 Å². The summed E-state index contributed by atoms with van der Waals surface area (Å²) in [5.74, 6) is 0.961. The van der Waals surface area contributed by atoms with E-state index in [4.69, 9.17) is 15.7 Å². The third-order valence-corrected chi connectivity index (χ3v) is 4.87. The molecule has 3 aromatic heterocycles. The first-order chi connectivity index (χ1) is 13.1. The van der Waals surface area contributed by atoms with Gasteiger partial charge in [-0.05, 0) is 26.7 Å². The third-order valence-electron chi connectivity index (χ3n) is 4.87. The minimum Gasteiger partial charge on any atom is -0.368 e. The van der Waals surface area contributed by atoms with Crippen LogP contribution >= 0.6 is 0 Å². The van der Waals surface area contributed by atoms with Gasteiger partial charge in [0.15, 0.2) is 5.65 Å². The topological polar surface area (TPSA) is 98.6 Å². The van der Waals surface area contributed by atoms with Crippen LogP contribution in [0.1, 0.15) is 53.0 Å². The largest absolute Gasteiger partial charge is 0.368 e. The molecule has 0 saturated heterocycles. The van der Waals surface area contributed by atoms with Crippen molar-refractivity contribution in [1.29, 1.82) is 0 Å². The van der Waals surface area contributed by atoms with E-state index < -0.39 is 0 Å². The van der Waals surface area contributed by atoms with Crippen LogP contribution in [0.15, 0.2) is 18.7 Å². The Labute approximate surface area is 159 Å². The zero-order valence-corrected chi connectivity index (χ0v) is 16.6. The van der Waals surface area contributed by atoms with Gasteiger partial charge in [-0.25, -0.2) is 19.9 Å². The smallest absolute Gasteiger partial charge is 0.228 e. The molecule has 144 valence electrons. The van der Waals surface area contributed by atoms with Crippen molar-refractivity contribution in [2.24, 2.45) is 0 Å². The van der Waals surface area contributed by atoms with E-state index in [0.29, 0.717) is 6.04 Å². The molecule has 0 spiro atoms. The highest BCUT2D eigenvalue weighted by molar-refractivity contribution is 5.88. The summed E-state index contributed by atoms with van der Waals surface area (Å²) in [5.41, 5.74) is 8.79. The van der Waals surface area contributed by atoms with Crippen LogP contribution in [0.5, 0.6) is 0 Å². The number of anilines is 2. The summed E-state index contributed by atoms with van der Waals surface area (Å²) in [6.07, 6.45) is 8.46. The zero-order valence-electron chi connectivity index (χ0n) is 16.6. The van der Waals surface area contributed by atoms with Gasteiger partial charge in [0, 0.05) is 37.1 Å². The van der Waals surface area contributed by atoms with Crippen molar-refractivity contribution in [2.45, 2.75) is 53.0 Å². The van der Waals surface area contributed by atoms with Gasteiger partial charge in [0.25, 0.3) is 0 Å². The number of unbranched alkanes of at least 4 members (excludes halogenated alkanes) is 1. The summed E-state index contributed by atoms with van der Waals surface area (Å²) in [7, 11) is 0. The lowest BCUT2D eigenvalue weighted by molar-refractivity contribution is 0.541. The fraction of sp³-hybridized carbons (Fsp3) is 0.526. The maximum Gasteiger partial charge on any atom is 0.228 e. The fourth-order valence-corrected chi connectivity index (χ4v) is 2.98. The molecule has 0 amide bonds. The Morgan fingerprint density at radius 3 is 2.48 bits per heavy atom. The maximum absolute atomic E-state index is 5.65. The number of hydrogen-bond donors (Lipinski definition) is 1. The zero-order chi connectivity index (χ0) is 19.4. The van der Waals surface area contributed by atoms with E-state index in [9.17, 15) is 0 Å². The van der Waals surface area contributed by atoms with Crippen LogP contribution in [0, 0.1) is 0 Å². The Morgan fingerprint density at radius 2 is 1.85 bits per heavy atom. The molecule has 0 aromatic carbocycles. The van der Waals surface area contributed by atoms with Crippen molar-refractivity contribution >= 4 is 23.1 Å². The minimum atomic E-state index is 0.243. The highest BCUT2D eigenvalue weighted by Crippen LogP contribution is 2.29. The van der Waals surface area contributed by atoms with E-state index in [0.717, 1.165) is 60.7 Å². The van der Waals surface area contributed by atoms with Crippen molar-refractivity contribution in [3.63, 3.8) is 0 Å². The summed E-state index contributed by atoms with van der Waals surface area (Å²) in [4.78, 5) is 24.8. The van der Waals surface area contributed by atoms with Crippen LogP contribution in [-0.4, -0.2) is 42.6 Å². The Kier molecular flexibility index (Phi) is 5.83. The molecular weight excluding hydrogens is 340 g/mol. The lowest BCUT2D eigenvalue weighted by Crippen LogP contribution is -2.26. The molecule has 3 rings (SSSR count). The average Bonchev–Trinajstić information content (AvgIpc) is 3.12. The molecule has 0 aliphatic heterocycles. The van der Waals surface area contributed by atoms with E-state index in [2.05, 4.69) is 52.1 Å². The van der Waals surface area contributed by atoms with Crippen molar-refractivity contribution in [3.8, 4) is 11.3 Å².